The van der Waals surface area contributed by atoms with E-state index in [4.69, 9.17) is 0 Å². The third-order valence-electron chi connectivity index (χ3n) is 6.35. The van der Waals surface area contributed by atoms with Gasteiger partial charge in [0.05, 0.1) is 6.10 Å². The molecule has 0 aromatic heterocycles. The molecule has 128 valence electrons. The molecule has 23 heavy (non-hydrogen) atoms. The molecule has 0 spiro atoms. The number of ketones is 1. The summed E-state index contributed by atoms with van der Waals surface area (Å²) >= 11 is 0. The lowest BCUT2D eigenvalue weighted by Crippen LogP contribution is -2.38. The van der Waals surface area contributed by atoms with Crippen LogP contribution in [0.2, 0.25) is 0 Å². The molecule has 1 N–H and O–H groups in total. The predicted octanol–water partition coefficient (Wildman–Crippen LogP) is 4.54. The molecule has 2 nitrogen and oxygen atoms in total. The molecule has 0 saturated heterocycles. The van der Waals surface area contributed by atoms with E-state index in [1.807, 2.05) is 0 Å². The molecule has 3 rings (SSSR count). The van der Waals surface area contributed by atoms with Crippen molar-refractivity contribution in [1.29, 1.82) is 0 Å². The SMILES string of the molecule is C[C@H]1CC(=O)C[C@H](CCC2[C@@H](C)C=CC3=C[C@H](C)C[C@H](O)[C@@H]32)C1. The first kappa shape index (κ1) is 17.0. The summed E-state index contributed by atoms with van der Waals surface area (Å²) in [4.78, 5) is 11.9. The first-order valence-corrected chi connectivity index (χ1v) is 9.53. The van der Waals surface area contributed by atoms with Gasteiger partial charge in [-0.05, 0) is 60.8 Å². The van der Waals surface area contributed by atoms with Crippen molar-refractivity contribution < 1.29 is 9.90 Å². The smallest absolute Gasteiger partial charge is 0.133 e. The van der Waals surface area contributed by atoms with Crippen molar-refractivity contribution in [3.8, 4) is 0 Å². The van der Waals surface area contributed by atoms with Crippen molar-refractivity contribution >= 4 is 5.78 Å². The minimum Gasteiger partial charge on any atom is -0.392 e. The molecule has 7 atom stereocenters. The summed E-state index contributed by atoms with van der Waals surface area (Å²) in [7, 11) is 0. The van der Waals surface area contributed by atoms with E-state index in [0.29, 0.717) is 41.3 Å². The lowest BCUT2D eigenvalue weighted by atomic mass is 9.64. The van der Waals surface area contributed by atoms with E-state index in [1.54, 1.807) is 0 Å². The summed E-state index contributed by atoms with van der Waals surface area (Å²) in [6.07, 6.45) is 12.7. The van der Waals surface area contributed by atoms with Gasteiger partial charge in [0.15, 0.2) is 0 Å². The van der Waals surface area contributed by atoms with Crippen LogP contribution in [0, 0.1) is 35.5 Å². The van der Waals surface area contributed by atoms with Crippen LogP contribution in [0.4, 0.5) is 0 Å². The number of carbonyl (C=O) groups excluding carboxylic acids is 1. The summed E-state index contributed by atoms with van der Waals surface area (Å²) in [6.45, 7) is 6.70. The van der Waals surface area contributed by atoms with Gasteiger partial charge in [-0.1, -0.05) is 39.0 Å². The van der Waals surface area contributed by atoms with Crippen molar-refractivity contribution in [2.75, 3.05) is 0 Å². The fourth-order valence-electron chi connectivity index (χ4n) is 5.31. The van der Waals surface area contributed by atoms with Crippen LogP contribution in [0.3, 0.4) is 0 Å². The summed E-state index contributed by atoms with van der Waals surface area (Å²) in [6, 6.07) is 0. The Morgan fingerprint density at radius 2 is 1.91 bits per heavy atom. The second kappa shape index (κ2) is 6.93. The number of carbonyl (C=O) groups is 1. The van der Waals surface area contributed by atoms with Gasteiger partial charge in [-0.2, -0.15) is 0 Å². The van der Waals surface area contributed by atoms with Crippen LogP contribution in [0.5, 0.6) is 0 Å². The van der Waals surface area contributed by atoms with Crippen molar-refractivity contribution in [2.24, 2.45) is 35.5 Å². The fourth-order valence-corrected chi connectivity index (χ4v) is 5.31. The van der Waals surface area contributed by atoms with E-state index in [1.165, 1.54) is 12.0 Å². The van der Waals surface area contributed by atoms with E-state index >= 15 is 0 Å². The summed E-state index contributed by atoms with van der Waals surface area (Å²) in [5.41, 5.74) is 1.35. The number of Topliss-reactive ketones (excluding diaryl/α,β-unsaturated/α-hetero) is 1. The third kappa shape index (κ3) is 3.79. The quantitative estimate of drug-likeness (QED) is 0.830. The average Bonchev–Trinajstić information content (AvgIpc) is 2.45. The normalized spacial score (nSPS) is 43.9. The summed E-state index contributed by atoms with van der Waals surface area (Å²) in [5, 5.41) is 10.7. The van der Waals surface area contributed by atoms with Crippen LogP contribution >= 0.6 is 0 Å². The van der Waals surface area contributed by atoms with E-state index in [0.717, 1.165) is 32.1 Å². The molecule has 2 heteroatoms. The Bertz CT molecular complexity index is 504. The van der Waals surface area contributed by atoms with Crippen LogP contribution in [-0.2, 0) is 4.79 Å². The van der Waals surface area contributed by atoms with Crippen LogP contribution in [-0.4, -0.2) is 17.0 Å². The van der Waals surface area contributed by atoms with Crippen molar-refractivity contribution in [3.63, 3.8) is 0 Å². The zero-order chi connectivity index (χ0) is 16.6. The van der Waals surface area contributed by atoms with Gasteiger partial charge < -0.3 is 5.11 Å². The lowest BCUT2D eigenvalue weighted by molar-refractivity contribution is -0.122. The Labute approximate surface area is 141 Å². The number of fused-ring (bicyclic) bond motifs is 1. The first-order chi connectivity index (χ1) is 10.9. The molecule has 0 bridgehead atoms. The van der Waals surface area contributed by atoms with Gasteiger partial charge in [-0.15, -0.1) is 0 Å². The fraction of sp³-hybridized carbons (Fsp3) is 0.762. The van der Waals surface area contributed by atoms with E-state index in [-0.39, 0.29) is 6.10 Å². The average molecular weight is 316 g/mol. The highest BCUT2D eigenvalue weighted by Gasteiger charge is 2.39. The van der Waals surface area contributed by atoms with Crippen LogP contribution in [0.1, 0.15) is 59.3 Å². The minimum absolute atomic E-state index is 0.200. The standard InChI is InChI=1S/C21H32O2/c1-13-8-16(12-18(22)10-13)5-7-19-15(3)4-6-17-9-14(2)11-20(23)21(17)19/h4,6,9,13-16,19-21,23H,5,7-8,10-12H2,1-3H3/t13-,14+,15+,16-,19?,20+,21+/m1/s1. The van der Waals surface area contributed by atoms with Gasteiger partial charge in [0, 0.05) is 18.8 Å². The molecular formula is C21H32O2. The highest BCUT2D eigenvalue weighted by Crippen LogP contribution is 2.44. The van der Waals surface area contributed by atoms with E-state index in [2.05, 4.69) is 39.0 Å². The zero-order valence-electron chi connectivity index (χ0n) is 14.9. The van der Waals surface area contributed by atoms with Gasteiger partial charge in [0.25, 0.3) is 0 Å². The second-order valence-electron chi connectivity index (χ2n) is 8.59. The van der Waals surface area contributed by atoms with E-state index < -0.39 is 0 Å². The lowest BCUT2D eigenvalue weighted by Gasteiger charge is -2.42. The maximum absolute atomic E-state index is 11.9. The van der Waals surface area contributed by atoms with Gasteiger partial charge >= 0.3 is 0 Å². The number of hydrogen-bond acceptors (Lipinski definition) is 2. The predicted molar refractivity (Wildman–Crippen MR) is 93.9 cm³/mol. The first-order valence-electron chi connectivity index (χ1n) is 9.53. The highest BCUT2D eigenvalue weighted by molar-refractivity contribution is 5.79. The minimum atomic E-state index is -0.200. The number of allylic oxidation sites excluding steroid dienone is 3. The monoisotopic (exact) mass is 316 g/mol. The molecule has 0 radical (unpaired) electrons. The second-order valence-corrected chi connectivity index (χ2v) is 8.59. The van der Waals surface area contributed by atoms with Crippen LogP contribution < -0.4 is 0 Å². The van der Waals surface area contributed by atoms with Crippen LogP contribution in [0.15, 0.2) is 23.8 Å². The Morgan fingerprint density at radius 3 is 2.65 bits per heavy atom. The maximum Gasteiger partial charge on any atom is 0.133 e. The Morgan fingerprint density at radius 1 is 1.13 bits per heavy atom. The molecule has 3 aliphatic rings. The Balaban J connectivity index is 1.67. The number of rotatable bonds is 3. The van der Waals surface area contributed by atoms with Crippen molar-refractivity contribution in [2.45, 2.75) is 65.4 Å². The molecule has 0 aromatic carbocycles. The molecular weight excluding hydrogens is 284 g/mol. The molecule has 0 amide bonds. The molecule has 0 heterocycles. The maximum atomic E-state index is 11.9. The third-order valence-corrected chi connectivity index (χ3v) is 6.35. The summed E-state index contributed by atoms with van der Waals surface area (Å²) in [5.74, 6) is 3.42. The van der Waals surface area contributed by atoms with Gasteiger partial charge in [-0.25, -0.2) is 0 Å². The van der Waals surface area contributed by atoms with Gasteiger partial charge in [0.2, 0.25) is 0 Å². The van der Waals surface area contributed by atoms with Gasteiger partial charge in [0.1, 0.15) is 5.78 Å². The number of aliphatic hydroxyl groups is 1. The Hall–Kier alpha value is -0.890. The number of hydrogen-bond donors (Lipinski definition) is 1. The largest absolute Gasteiger partial charge is 0.392 e. The van der Waals surface area contributed by atoms with Crippen molar-refractivity contribution in [3.05, 3.63) is 23.8 Å². The summed E-state index contributed by atoms with van der Waals surface area (Å²) < 4.78 is 0. The van der Waals surface area contributed by atoms with Crippen LogP contribution in [0.25, 0.3) is 0 Å². The Kier molecular flexibility index (Phi) is 5.10. The molecule has 1 saturated carbocycles. The highest BCUT2D eigenvalue weighted by atomic mass is 16.3. The number of aliphatic hydroxyl groups excluding tert-OH is 1. The molecule has 1 fully saturated rings. The molecule has 0 aliphatic heterocycles. The van der Waals surface area contributed by atoms with Gasteiger partial charge in [-0.3, -0.25) is 4.79 Å². The molecule has 0 aromatic rings. The molecule has 1 unspecified atom stereocenters. The molecule has 3 aliphatic carbocycles. The van der Waals surface area contributed by atoms with E-state index in [9.17, 15) is 9.90 Å². The van der Waals surface area contributed by atoms with Crippen molar-refractivity contribution in [1.82, 2.24) is 0 Å². The zero-order valence-corrected chi connectivity index (χ0v) is 14.9. The topological polar surface area (TPSA) is 37.3 Å².